The Morgan fingerprint density at radius 1 is 0.912 bits per heavy atom. The Morgan fingerprint density at radius 3 is 2.18 bits per heavy atom. The molecule has 0 aliphatic carbocycles. The van der Waals surface area contributed by atoms with Crippen LogP contribution in [0.5, 0.6) is 5.75 Å². The fourth-order valence-electron chi connectivity index (χ4n) is 3.79. The lowest BCUT2D eigenvalue weighted by Crippen LogP contribution is -2.43. The molecule has 2 amide bonds. The van der Waals surface area contributed by atoms with Gasteiger partial charge in [0.25, 0.3) is 0 Å². The Kier molecular flexibility index (Phi) is 9.67. The van der Waals surface area contributed by atoms with Gasteiger partial charge in [-0.15, -0.1) is 0 Å². The van der Waals surface area contributed by atoms with Crippen LogP contribution in [0.2, 0.25) is 0 Å². The summed E-state index contributed by atoms with van der Waals surface area (Å²) >= 11 is 0. The van der Waals surface area contributed by atoms with Gasteiger partial charge in [-0.3, -0.25) is 9.59 Å². The molecule has 6 nitrogen and oxygen atoms in total. The third kappa shape index (κ3) is 7.18. The normalized spacial score (nSPS) is 11.5. The van der Waals surface area contributed by atoms with E-state index in [1.165, 1.54) is 0 Å². The Labute approximate surface area is 201 Å². The van der Waals surface area contributed by atoms with Crippen molar-refractivity contribution in [3.05, 3.63) is 102 Å². The van der Waals surface area contributed by atoms with Gasteiger partial charge in [-0.2, -0.15) is 0 Å². The molecule has 0 saturated heterocycles. The van der Waals surface area contributed by atoms with Crippen molar-refractivity contribution in [2.75, 3.05) is 20.3 Å². The van der Waals surface area contributed by atoms with Crippen LogP contribution >= 0.6 is 0 Å². The summed E-state index contributed by atoms with van der Waals surface area (Å²) < 4.78 is 5.25. The Morgan fingerprint density at radius 2 is 1.56 bits per heavy atom. The molecule has 0 aliphatic rings. The van der Waals surface area contributed by atoms with Gasteiger partial charge in [-0.25, -0.2) is 0 Å². The Hall–Kier alpha value is -3.64. The molecule has 0 radical (unpaired) electrons. The first-order valence-electron chi connectivity index (χ1n) is 11.5. The zero-order valence-electron chi connectivity index (χ0n) is 19.5. The van der Waals surface area contributed by atoms with Crippen molar-refractivity contribution < 1.29 is 19.4 Å². The third-order valence-corrected chi connectivity index (χ3v) is 5.61. The smallest absolute Gasteiger partial charge is 0.247 e. The van der Waals surface area contributed by atoms with Gasteiger partial charge in [0.2, 0.25) is 11.8 Å². The van der Waals surface area contributed by atoms with Crippen LogP contribution in [0.25, 0.3) is 0 Å². The first kappa shape index (κ1) is 25.0. The SMILES string of the molecule is COc1ccc(CN(C(=O)CCc2ccccc2)C(C(=O)NCCCO)c2ccccc2)cc1. The minimum absolute atomic E-state index is 0.0121. The molecule has 0 spiro atoms. The van der Waals surface area contributed by atoms with E-state index in [0.29, 0.717) is 19.4 Å². The number of hydrogen-bond donors (Lipinski definition) is 2. The van der Waals surface area contributed by atoms with Crippen LogP contribution in [-0.4, -0.2) is 42.1 Å². The lowest BCUT2D eigenvalue weighted by atomic mass is 10.0. The summed E-state index contributed by atoms with van der Waals surface area (Å²) in [6.07, 6.45) is 1.33. The molecule has 3 aromatic rings. The standard InChI is InChI=1S/C28H32N2O4/c1-34-25-16-13-23(14-17-25)21-30(26(32)18-15-22-9-4-2-5-10-22)27(24-11-6-3-7-12-24)28(33)29-19-8-20-31/h2-7,9-14,16-17,27,31H,8,15,18-21H2,1H3,(H,29,33). The van der Waals surface area contributed by atoms with E-state index >= 15 is 0 Å². The van der Waals surface area contributed by atoms with Gasteiger partial charge in [0.15, 0.2) is 0 Å². The Balaban J connectivity index is 1.90. The van der Waals surface area contributed by atoms with Gasteiger partial charge < -0.3 is 20.1 Å². The van der Waals surface area contributed by atoms with Crippen LogP contribution in [0.15, 0.2) is 84.9 Å². The fourth-order valence-corrected chi connectivity index (χ4v) is 3.79. The molecule has 0 bridgehead atoms. The zero-order chi connectivity index (χ0) is 24.2. The molecular weight excluding hydrogens is 428 g/mol. The van der Waals surface area contributed by atoms with Crippen LogP contribution in [0.3, 0.4) is 0 Å². The molecule has 1 atom stereocenters. The van der Waals surface area contributed by atoms with Crippen molar-refractivity contribution in [2.45, 2.75) is 31.8 Å². The molecule has 3 rings (SSSR count). The maximum Gasteiger partial charge on any atom is 0.247 e. The molecule has 178 valence electrons. The predicted octanol–water partition coefficient (Wildman–Crippen LogP) is 3.90. The summed E-state index contributed by atoms with van der Waals surface area (Å²) in [4.78, 5) is 28.5. The number of ether oxygens (including phenoxy) is 1. The van der Waals surface area contributed by atoms with Gasteiger partial charge in [0.05, 0.1) is 7.11 Å². The molecule has 0 aliphatic heterocycles. The highest BCUT2D eigenvalue weighted by molar-refractivity contribution is 5.88. The van der Waals surface area contributed by atoms with Gasteiger partial charge in [0.1, 0.15) is 11.8 Å². The topological polar surface area (TPSA) is 78.9 Å². The van der Waals surface area contributed by atoms with E-state index in [1.54, 1.807) is 12.0 Å². The Bertz CT molecular complexity index is 1020. The van der Waals surface area contributed by atoms with E-state index in [0.717, 1.165) is 22.4 Å². The quantitative estimate of drug-likeness (QED) is 0.402. The van der Waals surface area contributed by atoms with Crippen LogP contribution in [0, 0.1) is 0 Å². The highest BCUT2D eigenvalue weighted by Crippen LogP contribution is 2.26. The fraction of sp³-hybridized carbons (Fsp3) is 0.286. The lowest BCUT2D eigenvalue weighted by Gasteiger charge is -2.32. The number of methoxy groups -OCH3 is 1. The number of aryl methyl sites for hydroxylation is 1. The number of rotatable bonds is 12. The molecular formula is C28H32N2O4. The number of benzene rings is 3. The second-order valence-corrected chi connectivity index (χ2v) is 8.04. The number of aliphatic hydroxyl groups excluding tert-OH is 1. The summed E-state index contributed by atoms with van der Waals surface area (Å²) in [7, 11) is 1.61. The molecule has 0 saturated carbocycles. The van der Waals surface area contributed by atoms with Gasteiger partial charge >= 0.3 is 0 Å². The minimum Gasteiger partial charge on any atom is -0.497 e. The van der Waals surface area contributed by atoms with Gasteiger partial charge in [0, 0.05) is 26.1 Å². The maximum absolute atomic E-state index is 13.6. The number of nitrogens with one attached hydrogen (secondary N) is 1. The van der Waals surface area contributed by atoms with Crippen molar-refractivity contribution in [1.82, 2.24) is 10.2 Å². The average Bonchev–Trinajstić information content (AvgIpc) is 2.88. The summed E-state index contributed by atoms with van der Waals surface area (Å²) in [5, 5.41) is 12.0. The van der Waals surface area contributed by atoms with Crippen molar-refractivity contribution in [2.24, 2.45) is 0 Å². The largest absolute Gasteiger partial charge is 0.497 e. The summed E-state index contributed by atoms with van der Waals surface area (Å²) in [5.74, 6) is 0.360. The number of carbonyl (C=O) groups is 2. The van der Waals surface area contributed by atoms with Gasteiger partial charge in [-0.05, 0) is 41.7 Å². The number of hydrogen-bond acceptors (Lipinski definition) is 4. The number of nitrogens with zero attached hydrogens (tertiary/aromatic N) is 1. The summed E-state index contributed by atoms with van der Waals surface area (Å²) in [6.45, 7) is 0.611. The highest BCUT2D eigenvalue weighted by Gasteiger charge is 2.31. The second kappa shape index (κ2) is 13.2. The zero-order valence-corrected chi connectivity index (χ0v) is 19.5. The number of aliphatic hydroxyl groups is 1. The third-order valence-electron chi connectivity index (χ3n) is 5.61. The van der Waals surface area contributed by atoms with Crippen LogP contribution in [-0.2, 0) is 22.6 Å². The van der Waals surface area contributed by atoms with Crippen LogP contribution in [0.1, 0.15) is 35.6 Å². The van der Waals surface area contributed by atoms with Crippen molar-refractivity contribution >= 4 is 11.8 Å². The molecule has 3 aromatic carbocycles. The molecule has 2 N–H and O–H groups in total. The van der Waals surface area contributed by atoms with E-state index in [-0.39, 0.29) is 31.4 Å². The van der Waals surface area contributed by atoms with E-state index < -0.39 is 6.04 Å². The van der Waals surface area contributed by atoms with E-state index in [2.05, 4.69) is 5.32 Å². The summed E-state index contributed by atoms with van der Waals surface area (Å²) in [6, 6.07) is 25.9. The molecule has 0 aromatic heterocycles. The van der Waals surface area contributed by atoms with E-state index in [4.69, 9.17) is 9.84 Å². The van der Waals surface area contributed by atoms with Crippen molar-refractivity contribution in [1.29, 1.82) is 0 Å². The number of carbonyl (C=O) groups excluding carboxylic acids is 2. The molecule has 0 heterocycles. The van der Waals surface area contributed by atoms with Crippen molar-refractivity contribution in [3.63, 3.8) is 0 Å². The minimum atomic E-state index is -0.787. The van der Waals surface area contributed by atoms with E-state index in [9.17, 15) is 9.59 Å². The first-order chi connectivity index (χ1) is 16.6. The predicted molar refractivity (Wildman–Crippen MR) is 132 cm³/mol. The molecule has 0 fully saturated rings. The first-order valence-corrected chi connectivity index (χ1v) is 11.5. The molecule has 1 unspecified atom stereocenters. The molecule has 6 heteroatoms. The lowest BCUT2D eigenvalue weighted by molar-refractivity contribution is -0.141. The van der Waals surface area contributed by atoms with Crippen LogP contribution in [0.4, 0.5) is 0 Å². The maximum atomic E-state index is 13.6. The monoisotopic (exact) mass is 460 g/mol. The second-order valence-electron chi connectivity index (χ2n) is 8.04. The highest BCUT2D eigenvalue weighted by atomic mass is 16.5. The van der Waals surface area contributed by atoms with Gasteiger partial charge in [-0.1, -0.05) is 72.8 Å². The van der Waals surface area contributed by atoms with E-state index in [1.807, 2.05) is 84.9 Å². The summed E-state index contributed by atoms with van der Waals surface area (Å²) in [5.41, 5.74) is 2.72. The average molecular weight is 461 g/mol. The number of amides is 2. The van der Waals surface area contributed by atoms with Crippen molar-refractivity contribution in [3.8, 4) is 5.75 Å². The molecule has 34 heavy (non-hydrogen) atoms. The van der Waals surface area contributed by atoms with Crippen LogP contribution < -0.4 is 10.1 Å².